The van der Waals surface area contributed by atoms with E-state index in [0.29, 0.717) is 37.8 Å². The molecule has 4 rings (SSSR count). The van der Waals surface area contributed by atoms with E-state index in [9.17, 15) is 19.5 Å². The number of nitrogens with one attached hydrogen (secondary N) is 1. The van der Waals surface area contributed by atoms with E-state index in [1.165, 1.54) is 37.1 Å². The Morgan fingerprint density at radius 2 is 1.92 bits per heavy atom. The topological polar surface area (TPSA) is 128 Å². The van der Waals surface area contributed by atoms with Gasteiger partial charge in [0.25, 0.3) is 5.56 Å². The van der Waals surface area contributed by atoms with Crippen molar-refractivity contribution in [2.75, 3.05) is 26.1 Å². The number of halogens is 1. The van der Waals surface area contributed by atoms with E-state index >= 15 is 0 Å². The minimum Gasteiger partial charge on any atom is -0.493 e. The molecule has 1 aromatic heterocycles. The van der Waals surface area contributed by atoms with Gasteiger partial charge in [0.15, 0.2) is 16.3 Å². The van der Waals surface area contributed by atoms with Crippen molar-refractivity contribution in [1.82, 2.24) is 4.57 Å². The molecule has 1 atom stereocenters. The highest BCUT2D eigenvalue weighted by atomic mass is 35.5. The Bertz CT molecular complexity index is 1640. The first-order valence-corrected chi connectivity index (χ1v) is 12.6. The second-order valence-corrected chi connectivity index (χ2v) is 9.48. The summed E-state index contributed by atoms with van der Waals surface area (Å²) in [6.07, 6.45) is 1.49. The van der Waals surface area contributed by atoms with Gasteiger partial charge in [-0.05, 0) is 49.7 Å². The van der Waals surface area contributed by atoms with Gasteiger partial charge in [-0.2, -0.15) is 0 Å². The molecule has 2 heterocycles. The highest BCUT2D eigenvalue weighted by molar-refractivity contribution is 7.07. The first kappa shape index (κ1) is 27.0. The number of aromatic carboxylic acids is 1. The third-order valence-corrected chi connectivity index (χ3v) is 7.11. The van der Waals surface area contributed by atoms with Crippen molar-refractivity contribution >= 4 is 46.8 Å². The zero-order chi connectivity index (χ0) is 27.6. The number of carboxylic acids is 1. The van der Waals surface area contributed by atoms with Crippen molar-refractivity contribution in [1.29, 1.82) is 0 Å². The summed E-state index contributed by atoms with van der Waals surface area (Å²) in [5, 5.41) is 12.2. The van der Waals surface area contributed by atoms with E-state index < -0.39 is 18.0 Å². The average molecular weight is 558 g/mol. The monoisotopic (exact) mass is 557 g/mol. The van der Waals surface area contributed by atoms with Crippen molar-refractivity contribution in [2.45, 2.75) is 19.9 Å². The molecule has 38 heavy (non-hydrogen) atoms. The van der Waals surface area contributed by atoms with Gasteiger partial charge in [-0.15, -0.1) is 0 Å². The molecular formula is C26H24ClN3O7S. The molecule has 0 aliphatic carbocycles. The smallest absolute Gasteiger partial charge is 0.338 e. The molecular weight excluding hydrogens is 534 g/mol. The van der Waals surface area contributed by atoms with Crippen LogP contribution in [0.4, 0.5) is 5.69 Å². The average Bonchev–Trinajstić information content (AvgIpc) is 3.20. The molecule has 3 aromatic rings. The molecule has 0 unspecified atom stereocenters. The van der Waals surface area contributed by atoms with Gasteiger partial charge >= 0.3 is 11.9 Å². The lowest BCUT2D eigenvalue weighted by atomic mass is 9.95. The number of esters is 1. The molecule has 10 nitrogen and oxygen atoms in total. The number of benzene rings is 2. The third kappa shape index (κ3) is 5.02. The lowest BCUT2D eigenvalue weighted by Crippen LogP contribution is -2.40. The van der Waals surface area contributed by atoms with Crippen LogP contribution in [0.25, 0.3) is 6.20 Å². The fourth-order valence-electron chi connectivity index (χ4n) is 4.06. The van der Waals surface area contributed by atoms with Crippen LogP contribution >= 0.6 is 22.9 Å². The number of nitrogens with zero attached hydrogens (tertiary/aromatic N) is 2. The molecule has 1 aliphatic rings. The summed E-state index contributed by atoms with van der Waals surface area (Å²) in [6, 6.07) is 8.71. The predicted octanol–water partition coefficient (Wildman–Crippen LogP) is 3.19. The fourth-order valence-corrected chi connectivity index (χ4v) is 5.29. The Balaban J connectivity index is 1.85. The summed E-state index contributed by atoms with van der Waals surface area (Å²) in [7, 11) is 3.02. The first-order valence-electron chi connectivity index (χ1n) is 11.4. The summed E-state index contributed by atoms with van der Waals surface area (Å²) >= 11 is 7.20. The number of carboxylic acid groups (broad SMARTS) is 1. The van der Waals surface area contributed by atoms with Crippen molar-refractivity contribution in [3.05, 3.63) is 83.5 Å². The fraction of sp³-hybridized carbons (Fsp3) is 0.231. The molecule has 2 aromatic carbocycles. The van der Waals surface area contributed by atoms with Gasteiger partial charge in [0.1, 0.15) is 4.53 Å². The van der Waals surface area contributed by atoms with Crippen LogP contribution in [-0.2, 0) is 9.53 Å². The number of aromatic nitrogens is 1. The molecule has 0 amide bonds. The highest BCUT2D eigenvalue weighted by Gasteiger charge is 2.34. The molecule has 0 spiro atoms. The van der Waals surface area contributed by atoms with E-state index in [-0.39, 0.29) is 28.3 Å². The van der Waals surface area contributed by atoms with Crippen LogP contribution in [0.3, 0.4) is 0 Å². The Morgan fingerprint density at radius 1 is 1.18 bits per heavy atom. The van der Waals surface area contributed by atoms with Gasteiger partial charge in [0, 0.05) is 11.9 Å². The first-order chi connectivity index (χ1) is 18.2. The quantitative estimate of drug-likeness (QED) is 0.404. The standard InChI is InChI=1S/C26H24ClN3O7S/c1-5-37-25(34)21-13(2)29-26-30(22(21)14-6-9-18(35-3)19(10-14)36-4)23(31)20(38-26)12-28-15-7-8-16(24(32)33)17(27)11-15/h6-12,22,28H,5H2,1-4H3,(H,32,33)/b20-12-/t22-/m1/s1. The number of ether oxygens (including phenoxy) is 3. The van der Waals surface area contributed by atoms with Gasteiger partial charge in [0.2, 0.25) is 0 Å². The van der Waals surface area contributed by atoms with Crippen LogP contribution in [0.2, 0.25) is 5.02 Å². The molecule has 1 aliphatic heterocycles. The summed E-state index contributed by atoms with van der Waals surface area (Å²) in [5.41, 5.74) is 1.35. The predicted molar refractivity (Wildman–Crippen MR) is 143 cm³/mol. The lowest BCUT2D eigenvalue weighted by Gasteiger charge is -2.25. The second-order valence-electron chi connectivity index (χ2n) is 8.06. The van der Waals surface area contributed by atoms with Crippen molar-refractivity contribution in [3.8, 4) is 11.5 Å². The lowest BCUT2D eigenvalue weighted by molar-refractivity contribution is -0.139. The molecule has 12 heteroatoms. The Hall–Kier alpha value is -4.09. The number of methoxy groups -OCH3 is 2. The van der Waals surface area contributed by atoms with Crippen LogP contribution in [0.15, 0.2) is 57.5 Å². The molecule has 0 bridgehead atoms. The molecule has 2 N–H and O–H groups in total. The SMILES string of the molecule is CCOC(=O)C1=C(C)N=c2s/c(=C\Nc3ccc(C(=O)O)c(Cl)c3)c(=O)n2[C@@H]1c1ccc(OC)c(OC)c1. The number of hydrogen-bond acceptors (Lipinski definition) is 9. The number of allylic oxidation sites excluding steroid dienone is 1. The maximum absolute atomic E-state index is 13.6. The molecule has 0 fully saturated rings. The van der Waals surface area contributed by atoms with E-state index in [2.05, 4.69) is 10.3 Å². The third-order valence-electron chi connectivity index (χ3n) is 5.81. The Kier molecular flexibility index (Phi) is 7.88. The number of carbonyl (C=O) groups excluding carboxylic acids is 1. The van der Waals surface area contributed by atoms with Gasteiger partial charge in [-0.25, -0.2) is 14.6 Å². The van der Waals surface area contributed by atoms with Crippen LogP contribution in [0, 0.1) is 0 Å². The van der Waals surface area contributed by atoms with Gasteiger partial charge in [0.05, 0.1) is 48.7 Å². The normalized spacial score (nSPS) is 15.0. The summed E-state index contributed by atoms with van der Waals surface area (Å²) in [5.74, 6) is -0.779. The number of rotatable bonds is 8. The van der Waals surface area contributed by atoms with Crippen LogP contribution in [0.5, 0.6) is 11.5 Å². The number of anilines is 1. The summed E-state index contributed by atoms with van der Waals surface area (Å²) < 4.78 is 17.9. The zero-order valence-electron chi connectivity index (χ0n) is 20.9. The molecule has 0 saturated carbocycles. The number of hydrogen-bond donors (Lipinski definition) is 2. The minimum atomic E-state index is -1.14. The summed E-state index contributed by atoms with van der Waals surface area (Å²) in [4.78, 5) is 42.8. The Morgan fingerprint density at radius 3 is 2.55 bits per heavy atom. The van der Waals surface area contributed by atoms with Crippen molar-refractivity contribution in [3.63, 3.8) is 0 Å². The van der Waals surface area contributed by atoms with Gasteiger partial charge in [-0.3, -0.25) is 9.36 Å². The molecule has 0 saturated heterocycles. The van der Waals surface area contributed by atoms with E-state index in [4.69, 9.17) is 25.8 Å². The molecule has 0 radical (unpaired) electrons. The van der Waals surface area contributed by atoms with Crippen LogP contribution < -0.4 is 29.7 Å². The van der Waals surface area contributed by atoms with Gasteiger partial charge in [-0.1, -0.05) is 29.0 Å². The maximum atomic E-state index is 13.6. The van der Waals surface area contributed by atoms with Crippen molar-refractivity contribution in [2.24, 2.45) is 4.99 Å². The van der Waals surface area contributed by atoms with Crippen molar-refractivity contribution < 1.29 is 28.9 Å². The largest absolute Gasteiger partial charge is 0.493 e. The van der Waals surface area contributed by atoms with Gasteiger partial charge < -0.3 is 24.6 Å². The zero-order valence-corrected chi connectivity index (χ0v) is 22.5. The number of thiazole rings is 1. The Labute approximate surface area is 226 Å². The van der Waals surface area contributed by atoms with E-state index in [1.807, 2.05) is 0 Å². The minimum absolute atomic E-state index is 0.0338. The maximum Gasteiger partial charge on any atom is 0.338 e. The highest BCUT2D eigenvalue weighted by Crippen LogP contribution is 2.36. The molecule has 198 valence electrons. The second kappa shape index (κ2) is 11.1. The van der Waals surface area contributed by atoms with E-state index in [0.717, 1.165) is 11.3 Å². The number of fused-ring (bicyclic) bond motifs is 1. The summed E-state index contributed by atoms with van der Waals surface area (Å²) in [6.45, 7) is 3.56. The number of carbonyl (C=O) groups is 2. The van der Waals surface area contributed by atoms with E-state index in [1.54, 1.807) is 38.1 Å². The van der Waals surface area contributed by atoms with Crippen LogP contribution in [0.1, 0.15) is 35.8 Å². The van der Waals surface area contributed by atoms with Crippen LogP contribution in [-0.4, -0.2) is 42.4 Å².